The number of amides is 1. The van der Waals surface area contributed by atoms with Crippen molar-refractivity contribution >= 4 is 5.91 Å². The molecule has 0 aliphatic heterocycles. The molecule has 0 saturated carbocycles. The van der Waals surface area contributed by atoms with Crippen molar-refractivity contribution in [1.29, 1.82) is 0 Å². The summed E-state index contributed by atoms with van der Waals surface area (Å²) in [5.41, 5.74) is 5.79. The fraction of sp³-hybridized carbons (Fsp3) is 0.769. The lowest BCUT2D eigenvalue weighted by Crippen LogP contribution is -2.45. The maximum atomic E-state index is 12.4. The van der Waals surface area contributed by atoms with Crippen LogP contribution in [0.4, 0.5) is 0 Å². The molecule has 2 N–H and O–H groups in total. The number of nitrogens with zero attached hydrogens (tertiary/aromatic N) is 1. The van der Waals surface area contributed by atoms with E-state index in [0.29, 0.717) is 26.2 Å². The summed E-state index contributed by atoms with van der Waals surface area (Å²) < 4.78 is 10.2. The van der Waals surface area contributed by atoms with Gasteiger partial charge in [0.15, 0.2) is 0 Å². The van der Waals surface area contributed by atoms with Gasteiger partial charge >= 0.3 is 0 Å². The Morgan fingerprint density at radius 3 is 2.67 bits per heavy atom. The van der Waals surface area contributed by atoms with Gasteiger partial charge in [-0.1, -0.05) is 12.2 Å². The summed E-state index contributed by atoms with van der Waals surface area (Å²) >= 11 is 0. The van der Waals surface area contributed by atoms with Gasteiger partial charge in [0, 0.05) is 26.8 Å². The molecule has 1 aliphatic rings. The van der Waals surface area contributed by atoms with E-state index in [1.807, 2.05) is 24.0 Å². The summed E-state index contributed by atoms with van der Waals surface area (Å²) in [6.45, 7) is 3.62. The molecule has 0 heterocycles. The topological polar surface area (TPSA) is 64.8 Å². The molecule has 0 aromatic heterocycles. The zero-order chi connectivity index (χ0) is 13.5. The van der Waals surface area contributed by atoms with E-state index in [1.54, 1.807) is 14.2 Å². The first-order valence-electron chi connectivity index (χ1n) is 6.32. The number of methoxy groups -OCH3 is 2. The quantitative estimate of drug-likeness (QED) is 0.670. The molecule has 0 aromatic carbocycles. The van der Waals surface area contributed by atoms with Gasteiger partial charge in [0.25, 0.3) is 0 Å². The molecule has 0 spiro atoms. The Morgan fingerprint density at radius 2 is 2.17 bits per heavy atom. The monoisotopic (exact) mass is 256 g/mol. The molecule has 1 amide bonds. The largest absolute Gasteiger partial charge is 0.383 e. The van der Waals surface area contributed by atoms with Crippen LogP contribution in [0, 0.1) is 5.92 Å². The van der Waals surface area contributed by atoms with E-state index in [4.69, 9.17) is 15.2 Å². The van der Waals surface area contributed by atoms with Crippen LogP contribution in [0.2, 0.25) is 0 Å². The molecule has 1 rings (SSSR count). The van der Waals surface area contributed by atoms with Gasteiger partial charge in [0.05, 0.1) is 25.2 Å². The second kappa shape index (κ2) is 7.51. The van der Waals surface area contributed by atoms with Crippen molar-refractivity contribution in [2.75, 3.05) is 34.0 Å². The normalized spacial score (nSPS) is 24.2. The van der Waals surface area contributed by atoms with Crippen LogP contribution in [0.25, 0.3) is 0 Å². The molecule has 3 unspecified atom stereocenters. The standard InChI is InChI=1S/C13H24N2O3/c1-10(9-18-3)15(6-7-17-2)13(16)11-4-5-12(14)8-11/h4-5,10-12H,6-9,14H2,1-3H3. The highest BCUT2D eigenvalue weighted by Gasteiger charge is 2.29. The average molecular weight is 256 g/mol. The highest BCUT2D eigenvalue weighted by atomic mass is 16.5. The molecule has 3 atom stereocenters. The molecule has 0 bridgehead atoms. The SMILES string of the molecule is COCCN(C(=O)C1C=CC(N)C1)C(C)COC. The number of hydrogen-bond acceptors (Lipinski definition) is 4. The Bertz CT molecular complexity index is 294. The number of hydrogen-bond donors (Lipinski definition) is 1. The van der Waals surface area contributed by atoms with Crippen molar-refractivity contribution < 1.29 is 14.3 Å². The first-order valence-corrected chi connectivity index (χ1v) is 6.32. The Balaban J connectivity index is 2.63. The van der Waals surface area contributed by atoms with Crippen molar-refractivity contribution in [3.05, 3.63) is 12.2 Å². The second-order valence-electron chi connectivity index (χ2n) is 4.72. The average Bonchev–Trinajstić information content (AvgIpc) is 2.76. The Hall–Kier alpha value is -0.910. The minimum atomic E-state index is -0.101. The van der Waals surface area contributed by atoms with E-state index in [0.717, 1.165) is 0 Å². The molecular formula is C13H24N2O3. The summed E-state index contributed by atoms with van der Waals surface area (Å²) in [5.74, 6) is 0.0111. The molecule has 0 aromatic rings. The van der Waals surface area contributed by atoms with E-state index in [-0.39, 0.29) is 23.9 Å². The lowest BCUT2D eigenvalue weighted by molar-refractivity contribution is -0.138. The van der Waals surface area contributed by atoms with Crippen LogP contribution in [0.1, 0.15) is 13.3 Å². The summed E-state index contributed by atoms with van der Waals surface area (Å²) in [6.07, 6.45) is 4.51. The van der Waals surface area contributed by atoms with Crippen LogP contribution < -0.4 is 5.73 Å². The van der Waals surface area contributed by atoms with E-state index < -0.39 is 0 Å². The van der Waals surface area contributed by atoms with Crippen LogP contribution in [-0.2, 0) is 14.3 Å². The molecule has 104 valence electrons. The van der Waals surface area contributed by atoms with Gasteiger partial charge in [-0.3, -0.25) is 4.79 Å². The number of carbonyl (C=O) groups excluding carboxylic acids is 1. The third kappa shape index (κ3) is 4.08. The van der Waals surface area contributed by atoms with Crippen LogP contribution in [0.15, 0.2) is 12.2 Å². The van der Waals surface area contributed by atoms with Crippen molar-refractivity contribution in [3.8, 4) is 0 Å². The van der Waals surface area contributed by atoms with Crippen molar-refractivity contribution in [2.24, 2.45) is 11.7 Å². The maximum absolute atomic E-state index is 12.4. The molecule has 18 heavy (non-hydrogen) atoms. The molecule has 5 heteroatoms. The van der Waals surface area contributed by atoms with Crippen molar-refractivity contribution in [3.63, 3.8) is 0 Å². The van der Waals surface area contributed by atoms with Crippen LogP contribution in [-0.4, -0.2) is 56.9 Å². The van der Waals surface area contributed by atoms with Gasteiger partial charge in [0.2, 0.25) is 5.91 Å². The molecule has 5 nitrogen and oxygen atoms in total. The molecule has 0 saturated heterocycles. The lowest BCUT2D eigenvalue weighted by Gasteiger charge is -2.30. The fourth-order valence-electron chi connectivity index (χ4n) is 2.19. The number of rotatable bonds is 7. The predicted molar refractivity (Wildman–Crippen MR) is 70.1 cm³/mol. The number of carbonyl (C=O) groups is 1. The summed E-state index contributed by atoms with van der Waals surface area (Å²) in [7, 11) is 3.27. The third-order valence-electron chi connectivity index (χ3n) is 3.19. The van der Waals surface area contributed by atoms with Gasteiger partial charge < -0.3 is 20.1 Å². The second-order valence-corrected chi connectivity index (χ2v) is 4.72. The van der Waals surface area contributed by atoms with Gasteiger partial charge in [0.1, 0.15) is 0 Å². The van der Waals surface area contributed by atoms with Gasteiger partial charge in [-0.15, -0.1) is 0 Å². The Labute approximate surface area is 109 Å². The van der Waals surface area contributed by atoms with Crippen LogP contribution in [0.5, 0.6) is 0 Å². The third-order valence-corrected chi connectivity index (χ3v) is 3.19. The van der Waals surface area contributed by atoms with E-state index in [2.05, 4.69) is 0 Å². The first kappa shape index (κ1) is 15.1. The first-order chi connectivity index (χ1) is 8.60. The minimum Gasteiger partial charge on any atom is -0.383 e. The van der Waals surface area contributed by atoms with Crippen molar-refractivity contribution in [1.82, 2.24) is 4.90 Å². The zero-order valence-corrected chi connectivity index (χ0v) is 11.5. The van der Waals surface area contributed by atoms with Gasteiger partial charge in [-0.25, -0.2) is 0 Å². The van der Waals surface area contributed by atoms with E-state index in [1.165, 1.54) is 0 Å². The minimum absolute atomic E-state index is 0.000886. The molecule has 1 aliphatic carbocycles. The number of nitrogens with two attached hydrogens (primary N) is 1. The van der Waals surface area contributed by atoms with Crippen LogP contribution in [0.3, 0.4) is 0 Å². The van der Waals surface area contributed by atoms with E-state index >= 15 is 0 Å². The molecular weight excluding hydrogens is 232 g/mol. The maximum Gasteiger partial charge on any atom is 0.229 e. The summed E-state index contributed by atoms with van der Waals surface area (Å²) in [5, 5.41) is 0. The van der Waals surface area contributed by atoms with Gasteiger partial charge in [-0.2, -0.15) is 0 Å². The Morgan fingerprint density at radius 1 is 1.44 bits per heavy atom. The lowest BCUT2D eigenvalue weighted by atomic mass is 10.1. The molecule has 0 fully saturated rings. The predicted octanol–water partition coefficient (Wildman–Crippen LogP) is 0.400. The van der Waals surface area contributed by atoms with Crippen molar-refractivity contribution in [2.45, 2.75) is 25.4 Å². The summed E-state index contributed by atoms with van der Waals surface area (Å²) in [6, 6.07) is 0.0452. The zero-order valence-electron chi connectivity index (χ0n) is 11.5. The van der Waals surface area contributed by atoms with Gasteiger partial charge in [-0.05, 0) is 13.3 Å². The highest BCUT2D eigenvalue weighted by Crippen LogP contribution is 2.20. The van der Waals surface area contributed by atoms with Crippen LogP contribution >= 0.6 is 0 Å². The fourth-order valence-corrected chi connectivity index (χ4v) is 2.19. The molecule has 0 radical (unpaired) electrons. The number of ether oxygens (including phenoxy) is 2. The summed E-state index contributed by atoms with van der Waals surface area (Å²) in [4.78, 5) is 14.2. The highest BCUT2D eigenvalue weighted by molar-refractivity contribution is 5.81. The van der Waals surface area contributed by atoms with E-state index in [9.17, 15) is 4.79 Å². The Kier molecular flexibility index (Phi) is 6.32. The smallest absolute Gasteiger partial charge is 0.229 e.